The Kier molecular flexibility index (Phi) is 6.55. The van der Waals surface area contributed by atoms with Crippen LogP contribution in [0.1, 0.15) is 16.3 Å². The number of guanidine groups is 1. The Morgan fingerprint density at radius 3 is 2.52 bits per heavy atom. The lowest BCUT2D eigenvalue weighted by Crippen LogP contribution is -2.39. The van der Waals surface area contributed by atoms with E-state index in [1.165, 1.54) is 6.26 Å². The molecule has 2 aromatic rings. The molecule has 0 saturated carbocycles. The van der Waals surface area contributed by atoms with Gasteiger partial charge in [-0.2, -0.15) is 0 Å². The van der Waals surface area contributed by atoms with Gasteiger partial charge in [0.2, 0.25) is 0 Å². The Morgan fingerprint density at radius 2 is 2.00 bits per heavy atom. The topological polar surface area (TPSA) is 74.7 Å². The smallest absolute Gasteiger partial charge is 0.193 e. The molecule has 6 nitrogen and oxygen atoms in total. The largest absolute Gasteiger partial charge is 0.356 e. The number of aromatic nitrogens is 1. The second kappa shape index (κ2) is 8.44. The summed E-state index contributed by atoms with van der Waals surface area (Å²) in [4.78, 5) is 11.1. The Labute approximate surface area is 153 Å². The number of nitrogens with zero attached hydrogens (tertiary/aromatic N) is 3. The molecule has 2 rings (SSSR count). The van der Waals surface area contributed by atoms with Crippen LogP contribution in [0.2, 0.25) is 0 Å². The van der Waals surface area contributed by atoms with Gasteiger partial charge in [0.15, 0.2) is 15.8 Å². The third-order valence-corrected chi connectivity index (χ3v) is 5.64. The first-order valence-electron chi connectivity index (χ1n) is 7.91. The van der Waals surface area contributed by atoms with Crippen molar-refractivity contribution in [1.29, 1.82) is 0 Å². The normalized spacial score (nSPS) is 12.2. The number of hydrogen-bond acceptors (Lipinski definition) is 5. The number of sulfone groups is 1. The molecule has 8 heteroatoms. The van der Waals surface area contributed by atoms with Gasteiger partial charge in [-0.05, 0) is 31.0 Å². The minimum absolute atomic E-state index is 0.346. The summed E-state index contributed by atoms with van der Waals surface area (Å²) < 4.78 is 22.9. The van der Waals surface area contributed by atoms with E-state index in [1.54, 1.807) is 30.5 Å². The summed E-state index contributed by atoms with van der Waals surface area (Å²) in [5.41, 5.74) is 2.11. The number of benzene rings is 1. The molecule has 0 atom stereocenters. The van der Waals surface area contributed by atoms with Gasteiger partial charge in [0.1, 0.15) is 0 Å². The van der Waals surface area contributed by atoms with Crippen molar-refractivity contribution in [2.24, 2.45) is 4.99 Å². The highest BCUT2D eigenvalue weighted by Crippen LogP contribution is 2.11. The van der Waals surface area contributed by atoms with E-state index in [9.17, 15) is 8.42 Å². The van der Waals surface area contributed by atoms with Crippen molar-refractivity contribution in [3.8, 4) is 0 Å². The van der Waals surface area contributed by atoms with Gasteiger partial charge in [0, 0.05) is 32.3 Å². The summed E-state index contributed by atoms with van der Waals surface area (Å²) in [5.74, 6) is 0.804. The number of hydrogen-bond donors (Lipinski definition) is 1. The molecule has 0 amide bonds. The fourth-order valence-electron chi connectivity index (χ4n) is 2.41. The van der Waals surface area contributed by atoms with Gasteiger partial charge in [-0.1, -0.05) is 12.1 Å². The minimum atomic E-state index is -3.14. The Bertz CT molecular complexity index is 827. The van der Waals surface area contributed by atoms with E-state index in [0.717, 1.165) is 28.6 Å². The fourth-order valence-corrected chi connectivity index (χ4v) is 3.64. The molecular formula is C17H24N4O2S2. The highest BCUT2D eigenvalue weighted by molar-refractivity contribution is 7.90. The van der Waals surface area contributed by atoms with Crippen LogP contribution in [0.3, 0.4) is 0 Å². The van der Waals surface area contributed by atoms with Crippen LogP contribution in [0.5, 0.6) is 0 Å². The van der Waals surface area contributed by atoms with E-state index in [1.807, 2.05) is 31.0 Å². The zero-order valence-electron chi connectivity index (χ0n) is 15.0. The maximum Gasteiger partial charge on any atom is 0.193 e. The predicted octanol–water partition coefficient (Wildman–Crippen LogP) is 2.10. The zero-order chi connectivity index (χ0) is 18.4. The first kappa shape index (κ1) is 19.4. The maximum absolute atomic E-state index is 11.5. The lowest BCUT2D eigenvalue weighted by atomic mass is 10.1. The minimum Gasteiger partial charge on any atom is -0.356 e. The van der Waals surface area contributed by atoms with Crippen molar-refractivity contribution in [1.82, 2.24) is 15.2 Å². The molecule has 0 unspecified atom stereocenters. The van der Waals surface area contributed by atoms with Gasteiger partial charge in [0.25, 0.3) is 0 Å². The predicted molar refractivity (Wildman–Crippen MR) is 103 cm³/mol. The van der Waals surface area contributed by atoms with Crippen LogP contribution in [-0.4, -0.2) is 51.2 Å². The average molecular weight is 381 g/mol. The van der Waals surface area contributed by atoms with Crippen LogP contribution in [0.15, 0.2) is 39.5 Å². The number of aliphatic imine (C=N–C) groups is 1. The summed E-state index contributed by atoms with van der Waals surface area (Å²) in [6.07, 6.45) is 2.00. The van der Waals surface area contributed by atoms with Crippen LogP contribution in [0.25, 0.3) is 0 Å². The monoisotopic (exact) mass is 380 g/mol. The summed E-state index contributed by atoms with van der Waals surface area (Å²) in [6.45, 7) is 3.41. The molecule has 0 spiro atoms. The van der Waals surface area contributed by atoms with Crippen LogP contribution in [-0.2, 0) is 22.8 Å². The van der Waals surface area contributed by atoms with Gasteiger partial charge in [-0.15, -0.1) is 11.3 Å². The van der Waals surface area contributed by atoms with E-state index in [2.05, 4.69) is 20.7 Å². The van der Waals surface area contributed by atoms with Crippen LogP contribution < -0.4 is 5.32 Å². The quantitative estimate of drug-likeness (QED) is 0.614. The van der Waals surface area contributed by atoms with Crippen molar-refractivity contribution in [2.45, 2.75) is 24.8 Å². The molecule has 0 radical (unpaired) electrons. The molecule has 1 aromatic heterocycles. The molecular weight excluding hydrogens is 356 g/mol. The fraction of sp³-hybridized carbons (Fsp3) is 0.412. The molecule has 25 heavy (non-hydrogen) atoms. The van der Waals surface area contributed by atoms with Gasteiger partial charge < -0.3 is 10.2 Å². The van der Waals surface area contributed by atoms with E-state index >= 15 is 0 Å². The Hall–Kier alpha value is -1.93. The Morgan fingerprint density at radius 1 is 1.32 bits per heavy atom. The van der Waals surface area contributed by atoms with Crippen LogP contribution in [0, 0.1) is 6.92 Å². The third-order valence-electron chi connectivity index (χ3n) is 3.69. The first-order valence-corrected chi connectivity index (χ1v) is 10.7. The molecule has 0 fully saturated rings. The first-order chi connectivity index (χ1) is 11.8. The summed E-state index contributed by atoms with van der Waals surface area (Å²) in [6, 6.07) is 7.00. The van der Waals surface area contributed by atoms with Crippen molar-refractivity contribution >= 4 is 27.1 Å². The number of nitrogens with one attached hydrogen (secondary N) is 1. The van der Waals surface area contributed by atoms with Gasteiger partial charge in [0.05, 0.1) is 22.1 Å². The van der Waals surface area contributed by atoms with Crippen molar-refractivity contribution < 1.29 is 8.42 Å². The molecule has 1 N–H and O–H groups in total. The molecule has 0 aliphatic heterocycles. The third kappa shape index (κ3) is 5.82. The van der Waals surface area contributed by atoms with Crippen LogP contribution >= 0.6 is 11.3 Å². The number of rotatable bonds is 6. The number of aryl methyl sites for hydroxylation is 1. The Balaban J connectivity index is 1.86. The maximum atomic E-state index is 11.5. The second-order valence-electron chi connectivity index (χ2n) is 5.85. The van der Waals surface area contributed by atoms with E-state index in [-0.39, 0.29) is 0 Å². The van der Waals surface area contributed by atoms with Gasteiger partial charge >= 0.3 is 0 Å². The standard InChI is InChI=1S/C17H24N4O2S2/c1-13-20-15(12-24-13)11-21(3)17(18-2)19-10-9-14-5-7-16(8-6-14)25(4,22)23/h5-8,12H,9-11H2,1-4H3,(H,18,19). The van der Waals surface area contributed by atoms with Crippen LogP contribution in [0.4, 0.5) is 0 Å². The molecule has 1 heterocycles. The van der Waals surface area contributed by atoms with Gasteiger partial charge in [-0.3, -0.25) is 4.99 Å². The lowest BCUT2D eigenvalue weighted by molar-refractivity contribution is 0.471. The van der Waals surface area contributed by atoms with E-state index < -0.39 is 9.84 Å². The zero-order valence-corrected chi connectivity index (χ0v) is 16.6. The number of thiazole rings is 1. The molecule has 0 aliphatic carbocycles. The lowest BCUT2D eigenvalue weighted by Gasteiger charge is -2.21. The molecule has 1 aromatic carbocycles. The van der Waals surface area contributed by atoms with Gasteiger partial charge in [-0.25, -0.2) is 13.4 Å². The van der Waals surface area contributed by atoms with Crippen molar-refractivity contribution in [3.63, 3.8) is 0 Å². The molecule has 0 bridgehead atoms. The van der Waals surface area contributed by atoms with Crippen molar-refractivity contribution in [2.75, 3.05) is 26.9 Å². The highest BCUT2D eigenvalue weighted by Gasteiger charge is 2.09. The SMILES string of the molecule is CN=C(NCCc1ccc(S(C)(=O)=O)cc1)N(C)Cc1csc(C)n1. The molecule has 0 saturated heterocycles. The summed E-state index contributed by atoms with van der Waals surface area (Å²) in [5, 5.41) is 6.44. The summed E-state index contributed by atoms with van der Waals surface area (Å²) >= 11 is 1.64. The van der Waals surface area contributed by atoms with E-state index in [4.69, 9.17) is 0 Å². The van der Waals surface area contributed by atoms with Crippen molar-refractivity contribution in [3.05, 3.63) is 45.9 Å². The average Bonchev–Trinajstić information content (AvgIpc) is 2.96. The second-order valence-corrected chi connectivity index (χ2v) is 8.93. The highest BCUT2D eigenvalue weighted by atomic mass is 32.2. The molecule has 0 aliphatic rings. The van der Waals surface area contributed by atoms with E-state index in [0.29, 0.717) is 18.0 Å². The summed E-state index contributed by atoms with van der Waals surface area (Å²) in [7, 11) is 0.590. The molecule has 136 valence electrons.